The molecule has 0 saturated carbocycles. The van der Waals surface area contributed by atoms with E-state index >= 15 is 0 Å². The van der Waals surface area contributed by atoms with Gasteiger partial charge in [-0.25, -0.2) is 8.42 Å². The van der Waals surface area contributed by atoms with Crippen LogP contribution in [0, 0.1) is 13.8 Å². The Morgan fingerprint density at radius 3 is 2.52 bits per heavy atom. The maximum atomic E-state index is 12.7. The van der Waals surface area contributed by atoms with Crippen LogP contribution >= 0.6 is 11.8 Å². The highest BCUT2D eigenvalue weighted by atomic mass is 32.2. The molecule has 1 saturated heterocycles. The third-order valence-corrected chi connectivity index (χ3v) is 7.60. The highest BCUT2D eigenvalue weighted by Gasteiger charge is 2.31. The van der Waals surface area contributed by atoms with Crippen molar-refractivity contribution >= 4 is 27.5 Å². The number of aryl methyl sites for hydroxylation is 1. The van der Waals surface area contributed by atoms with Gasteiger partial charge in [0.1, 0.15) is 0 Å². The molecule has 1 fully saturated rings. The number of rotatable bonds is 5. The van der Waals surface area contributed by atoms with Gasteiger partial charge in [0.25, 0.3) is 5.91 Å². The summed E-state index contributed by atoms with van der Waals surface area (Å²) in [7, 11) is -1.19. The molecule has 0 N–H and O–H groups in total. The van der Waals surface area contributed by atoms with E-state index in [9.17, 15) is 13.2 Å². The number of nitrogens with zero attached hydrogens (tertiary/aromatic N) is 3. The monoisotopic (exact) mass is 407 g/mol. The zero-order valence-electron chi connectivity index (χ0n) is 16.1. The van der Waals surface area contributed by atoms with E-state index in [-0.39, 0.29) is 23.5 Å². The predicted molar refractivity (Wildman–Crippen MR) is 108 cm³/mol. The van der Waals surface area contributed by atoms with E-state index in [1.165, 1.54) is 0 Å². The first-order valence-corrected chi connectivity index (χ1v) is 11.9. The van der Waals surface area contributed by atoms with Gasteiger partial charge in [-0.2, -0.15) is 5.10 Å². The van der Waals surface area contributed by atoms with Crippen molar-refractivity contribution in [2.45, 2.75) is 37.8 Å². The number of aromatic nitrogens is 2. The molecule has 0 radical (unpaired) electrons. The summed E-state index contributed by atoms with van der Waals surface area (Å²) in [5.74, 6) is 0.318. The Labute approximate surface area is 164 Å². The zero-order chi connectivity index (χ0) is 19.8. The molecule has 1 aromatic carbocycles. The average Bonchev–Trinajstić information content (AvgIpc) is 3.14. The zero-order valence-corrected chi connectivity index (χ0v) is 17.7. The molecule has 1 aliphatic rings. The van der Waals surface area contributed by atoms with E-state index < -0.39 is 9.84 Å². The van der Waals surface area contributed by atoms with Crippen LogP contribution in [0.25, 0.3) is 0 Å². The SMILES string of the molecule is CSc1ccc(C(=O)N(C)Cc2c(C)nn([C@@H]3CCS(=O)(=O)C3)c2C)cc1. The van der Waals surface area contributed by atoms with E-state index in [2.05, 4.69) is 5.10 Å². The van der Waals surface area contributed by atoms with E-state index in [0.717, 1.165) is 21.8 Å². The Bertz CT molecular complexity index is 949. The minimum Gasteiger partial charge on any atom is -0.337 e. The van der Waals surface area contributed by atoms with Gasteiger partial charge in [-0.1, -0.05) is 0 Å². The molecule has 2 heterocycles. The highest BCUT2D eigenvalue weighted by Crippen LogP contribution is 2.27. The molecule has 2 aromatic rings. The Kier molecular flexibility index (Phi) is 5.67. The number of hydrogen-bond acceptors (Lipinski definition) is 5. The number of benzene rings is 1. The fraction of sp³-hybridized carbons (Fsp3) is 0.474. The van der Waals surface area contributed by atoms with Crippen LogP contribution in [0.4, 0.5) is 0 Å². The lowest BCUT2D eigenvalue weighted by atomic mass is 10.1. The number of thioether (sulfide) groups is 1. The summed E-state index contributed by atoms with van der Waals surface area (Å²) >= 11 is 1.64. The van der Waals surface area contributed by atoms with Crippen molar-refractivity contribution in [1.29, 1.82) is 0 Å². The van der Waals surface area contributed by atoms with Crippen molar-refractivity contribution in [2.75, 3.05) is 24.8 Å². The second-order valence-corrected chi connectivity index (χ2v) is 10.1. The molecule has 1 aromatic heterocycles. The number of amides is 1. The number of sulfone groups is 1. The summed E-state index contributed by atoms with van der Waals surface area (Å²) in [5, 5.41) is 4.58. The number of hydrogen-bond donors (Lipinski definition) is 0. The second-order valence-electron chi connectivity index (χ2n) is 7.04. The molecule has 146 valence electrons. The molecule has 6 nitrogen and oxygen atoms in total. The van der Waals surface area contributed by atoms with Gasteiger partial charge in [0, 0.05) is 35.3 Å². The van der Waals surface area contributed by atoms with Gasteiger partial charge in [0.2, 0.25) is 0 Å². The van der Waals surface area contributed by atoms with E-state index in [1.54, 1.807) is 23.7 Å². The van der Waals surface area contributed by atoms with Gasteiger partial charge < -0.3 is 4.90 Å². The normalized spacial score (nSPS) is 18.6. The molecule has 0 unspecified atom stereocenters. The van der Waals surface area contributed by atoms with Crippen LogP contribution in [0.3, 0.4) is 0 Å². The van der Waals surface area contributed by atoms with Crippen LogP contribution in [0.2, 0.25) is 0 Å². The molecule has 3 rings (SSSR count). The second kappa shape index (κ2) is 7.67. The third-order valence-electron chi connectivity index (χ3n) is 5.11. The third kappa shape index (κ3) is 4.21. The maximum absolute atomic E-state index is 12.7. The van der Waals surface area contributed by atoms with Gasteiger partial charge in [-0.05, 0) is 50.8 Å². The quantitative estimate of drug-likeness (QED) is 0.713. The van der Waals surface area contributed by atoms with Crippen molar-refractivity contribution in [2.24, 2.45) is 0 Å². The first-order chi connectivity index (χ1) is 12.7. The highest BCUT2D eigenvalue weighted by molar-refractivity contribution is 7.98. The van der Waals surface area contributed by atoms with Crippen LogP contribution in [0.15, 0.2) is 29.2 Å². The lowest BCUT2D eigenvalue weighted by Gasteiger charge is -2.18. The standard InChI is InChI=1S/C19H25N3O3S2/c1-13-18(14(2)22(20-13)16-9-10-27(24,25)12-16)11-21(3)19(23)15-5-7-17(26-4)8-6-15/h5-8,16H,9-12H2,1-4H3/t16-/m1/s1. The summed E-state index contributed by atoms with van der Waals surface area (Å²) in [5.41, 5.74) is 3.41. The lowest BCUT2D eigenvalue weighted by Crippen LogP contribution is -2.26. The van der Waals surface area contributed by atoms with Crippen molar-refractivity contribution in [3.8, 4) is 0 Å². The van der Waals surface area contributed by atoms with Gasteiger partial charge in [0.15, 0.2) is 9.84 Å². The van der Waals surface area contributed by atoms with Gasteiger partial charge in [-0.3, -0.25) is 9.48 Å². The van der Waals surface area contributed by atoms with Gasteiger partial charge >= 0.3 is 0 Å². The molecular weight excluding hydrogens is 382 g/mol. The minimum absolute atomic E-state index is 0.0438. The molecule has 0 aliphatic carbocycles. The maximum Gasteiger partial charge on any atom is 0.253 e. The van der Waals surface area contributed by atoms with Crippen molar-refractivity contribution in [1.82, 2.24) is 14.7 Å². The van der Waals surface area contributed by atoms with E-state index in [0.29, 0.717) is 18.5 Å². The van der Waals surface area contributed by atoms with Crippen LogP contribution in [0.1, 0.15) is 39.8 Å². The smallest absolute Gasteiger partial charge is 0.253 e. The molecular formula is C19H25N3O3S2. The Hall–Kier alpha value is -1.80. The van der Waals surface area contributed by atoms with Gasteiger partial charge in [-0.15, -0.1) is 11.8 Å². The predicted octanol–water partition coefficient (Wildman–Crippen LogP) is 2.85. The molecule has 8 heteroatoms. The number of carbonyl (C=O) groups excluding carboxylic acids is 1. The molecule has 1 amide bonds. The van der Waals surface area contributed by atoms with Gasteiger partial charge in [0.05, 0.1) is 23.2 Å². The van der Waals surface area contributed by atoms with E-state index in [1.807, 2.05) is 49.1 Å². The van der Waals surface area contributed by atoms with Crippen LogP contribution < -0.4 is 0 Å². The summed E-state index contributed by atoms with van der Waals surface area (Å²) in [6.45, 7) is 4.31. The molecule has 0 bridgehead atoms. The summed E-state index contributed by atoms with van der Waals surface area (Å²) < 4.78 is 25.4. The minimum atomic E-state index is -2.97. The fourth-order valence-corrected chi connectivity index (χ4v) is 5.61. The first-order valence-electron chi connectivity index (χ1n) is 8.86. The van der Waals surface area contributed by atoms with Crippen LogP contribution in [0.5, 0.6) is 0 Å². The molecule has 0 spiro atoms. The largest absolute Gasteiger partial charge is 0.337 e. The molecule has 1 aliphatic heterocycles. The molecule has 27 heavy (non-hydrogen) atoms. The van der Waals surface area contributed by atoms with Crippen molar-refractivity contribution in [3.63, 3.8) is 0 Å². The Morgan fingerprint density at radius 2 is 1.96 bits per heavy atom. The number of carbonyl (C=O) groups is 1. The van der Waals surface area contributed by atoms with Crippen LogP contribution in [-0.4, -0.2) is 53.8 Å². The first kappa shape index (κ1) is 19.9. The van der Waals surface area contributed by atoms with Crippen molar-refractivity contribution in [3.05, 3.63) is 46.8 Å². The topological polar surface area (TPSA) is 72.3 Å². The summed E-state index contributed by atoms with van der Waals surface area (Å²) in [6.07, 6.45) is 2.60. The average molecular weight is 408 g/mol. The lowest BCUT2D eigenvalue weighted by molar-refractivity contribution is 0.0784. The summed E-state index contributed by atoms with van der Waals surface area (Å²) in [4.78, 5) is 15.5. The Balaban J connectivity index is 1.77. The van der Waals surface area contributed by atoms with Crippen molar-refractivity contribution < 1.29 is 13.2 Å². The fourth-order valence-electron chi connectivity index (χ4n) is 3.51. The molecule has 1 atom stereocenters. The summed E-state index contributed by atoms with van der Waals surface area (Å²) in [6, 6.07) is 7.47. The van der Waals surface area contributed by atoms with Crippen LogP contribution in [-0.2, 0) is 16.4 Å². The van der Waals surface area contributed by atoms with E-state index in [4.69, 9.17) is 0 Å². The Morgan fingerprint density at radius 1 is 1.30 bits per heavy atom.